The fraction of sp³-hybridized carbons (Fsp3) is 0.647. The van der Waals surface area contributed by atoms with Gasteiger partial charge in [0.2, 0.25) is 11.8 Å². The molecule has 0 aromatic carbocycles. The summed E-state index contributed by atoms with van der Waals surface area (Å²) in [5, 5.41) is 0. The summed E-state index contributed by atoms with van der Waals surface area (Å²) >= 11 is 0. The van der Waals surface area contributed by atoms with Gasteiger partial charge in [-0.25, -0.2) is 0 Å². The van der Waals surface area contributed by atoms with E-state index in [1.165, 1.54) is 12.8 Å². The van der Waals surface area contributed by atoms with Crippen molar-refractivity contribution in [2.75, 3.05) is 26.2 Å². The molecule has 0 atom stereocenters. The van der Waals surface area contributed by atoms with Crippen LogP contribution in [0.4, 0.5) is 0 Å². The van der Waals surface area contributed by atoms with E-state index >= 15 is 0 Å². The number of nitrogens with zero attached hydrogens (tertiary/aromatic N) is 2. The van der Waals surface area contributed by atoms with Gasteiger partial charge in [0.15, 0.2) is 0 Å². The highest BCUT2D eigenvalue weighted by Gasteiger charge is 2.30. The number of carbonyl (C=O) groups is 2. The normalized spacial score (nSPS) is 19.6. The Hall–Kier alpha value is -1.78. The summed E-state index contributed by atoms with van der Waals surface area (Å²) in [7, 11) is 0. The molecule has 0 radical (unpaired) electrons. The summed E-state index contributed by atoms with van der Waals surface area (Å²) in [4.78, 5) is 28.4. The Morgan fingerprint density at radius 3 is 2.41 bits per heavy atom. The van der Waals surface area contributed by atoms with E-state index in [1.807, 2.05) is 21.9 Å². The van der Waals surface area contributed by atoms with Gasteiger partial charge in [-0.15, -0.1) is 0 Å². The predicted molar refractivity (Wildman–Crippen MR) is 82.1 cm³/mol. The molecule has 1 aromatic rings. The summed E-state index contributed by atoms with van der Waals surface area (Å²) in [5.74, 6) is 1.55. The first-order valence-corrected chi connectivity index (χ1v) is 8.33. The molecular weight excluding hydrogens is 280 g/mol. The number of amides is 2. The summed E-state index contributed by atoms with van der Waals surface area (Å²) in [6, 6.07) is 3.73. The van der Waals surface area contributed by atoms with Crippen molar-refractivity contribution >= 4 is 11.8 Å². The third kappa shape index (κ3) is 3.51. The number of rotatable bonds is 4. The van der Waals surface area contributed by atoms with Crippen molar-refractivity contribution in [1.29, 1.82) is 0 Å². The molecule has 22 heavy (non-hydrogen) atoms. The molecule has 0 unspecified atom stereocenters. The Kier molecular flexibility index (Phi) is 4.80. The monoisotopic (exact) mass is 304 g/mol. The van der Waals surface area contributed by atoms with Gasteiger partial charge in [0, 0.05) is 44.9 Å². The maximum atomic E-state index is 12.4. The van der Waals surface area contributed by atoms with Crippen molar-refractivity contribution in [3.05, 3.63) is 24.2 Å². The second kappa shape index (κ2) is 6.99. The number of hydrogen-bond acceptors (Lipinski definition) is 3. The molecule has 2 aliphatic rings. The number of piperazine rings is 1. The van der Waals surface area contributed by atoms with Gasteiger partial charge < -0.3 is 14.2 Å². The minimum Gasteiger partial charge on any atom is -0.469 e. The van der Waals surface area contributed by atoms with Gasteiger partial charge in [0.05, 0.1) is 6.26 Å². The highest BCUT2D eigenvalue weighted by molar-refractivity contribution is 5.80. The molecule has 1 aliphatic heterocycles. The third-order valence-corrected chi connectivity index (χ3v) is 4.81. The molecule has 1 aliphatic carbocycles. The van der Waals surface area contributed by atoms with Crippen LogP contribution in [0.15, 0.2) is 22.8 Å². The van der Waals surface area contributed by atoms with Crippen LogP contribution in [-0.2, 0) is 16.0 Å². The van der Waals surface area contributed by atoms with Gasteiger partial charge in [0.25, 0.3) is 0 Å². The fourth-order valence-electron chi connectivity index (χ4n) is 3.45. The number of carbonyl (C=O) groups excluding carboxylic acids is 2. The maximum absolute atomic E-state index is 12.4. The lowest BCUT2D eigenvalue weighted by Crippen LogP contribution is -2.51. The molecule has 0 bridgehead atoms. The second-order valence-corrected chi connectivity index (χ2v) is 6.27. The Balaban J connectivity index is 1.42. The van der Waals surface area contributed by atoms with E-state index in [4.69, 9.17) is 4.42 Å². The molecule has 2 heterocycles. The Morgan fingerprint density at radius 1 is 1.09 bits per heavy atom. The number of furan rings is 1. The number of hydrogen-bond donors (Lipinski definition) is 0. The van der Waals surface area contributed by atoms with Crippen molar-refractivity contribution in [1.82, 2.24) is 9.80 Å². The largest absolute Gasteiger partial charge is 0.469 e. The van der Waals surface area contributed by atoms with E-state index in [1.54, 1.807) is 6.26 Å². The number of aryl methyl sites for hydroxylation is 1. The van der Waals surface area contributed by atoms with Gasteiger partial charge in [0.1, 0.15) is 5.76 Å². The smallest absolute Gasteiger partial charge is 0.225 e. The molecule has 1 saturated heterocycles. The lowest BCUT2D eigenvalue weighted by molar-refractivity contribution is -0.142. The van der Waals surface area contributed by atoms with Gasteiger partial charge in [-0.1, -0.05) is 12.8 Å². The minimum absolute atomic E-state index is 0.157. The van der Waals surface area contributed by atoms with Crippen molar-refractivity contribution in [2.45, 2.75) is 38.5 Å². The van der Waals surface area contributed by atoms with E-state index in [0.717, 1.165) is 18.6 Å². The van der Waals surface area contributed by atoms with Crippen LogP contribution in [0.2, 0.25) is 0 Å². The Morgan fingerprint density at radius 2 is 1.77 bits per heavy atom. The van der Waals surface area contributed by atoms with E-state index in [9.17, 15) is 9.59 Å². The van der Waals surface area contributed by atoms with Crippen LogP contribution in [0.25, 0.3) is 0 Å². The molecule has 1 saturated carbocycles. The van der Waals surface area contributed by atoms with Crippen molar-refractivity contribution < 1.29 is 14.0 Å². The lowest BCUT2D eigenvalue weighted by atomic mass is 10.1. The van der Waals surface area contributed by atoms with Crippen molar-refractivity contribution in [3.8, 4) is 0 Å². The van der Waals surface area contributed by atoms with Crippen LogP contribution in [0, 0.1) is 5.92 Å². The molecule has 5 heteroatoms. The predicted octanol–water partition coefficient (Wildman–Crippen LogP) is 2.07. The third-order valence-electron chi connectivity index (χ3n) is 4.81. The highest BCUT2D eigenvalue weighted by Crippen LogP contribution is 2.27. The van der Waals surface area contributed by atoms with Crippen LogP contribution in [0.1, 0.15) is 37.9 Å². The standard InChI is InChI=1S/C17H24N2O3/c20-16(8-7-15-6-3-13-22-15)18-9-11-19(12-10-18)17(21)14-4-1-2-5-14/h3,6,13-14H,1-2,4-5,7-12H2. The molecule has 1 aromatic heterocycles. The molecule has 0 N–H and O–H groups in total. The Bertz CT molecular complexity index is 498. The van der Waals surface area contributed by atoms with Crippen LogP contribution in [-0.4, -0.2) is 47.8 Å². The molecule has 3 rings (SSSR count). The Labute approximate surface area is 131 Å². The van der Waals surface area contributed by atoms with Crippen molar-refractivity contribution in [2.24, 2.45) is 5.92 Å². The van der Waals surface area contributed by atoms with Crippen LogP contribution in [0.5, 0.6) is 0 Å². The summed E-state index contributed by atoms with van der Waals surface area (Å²) in [6.07, 6.45) is 7.20. The van der Waals surface area contributed by atoms with Gasteiger partial charge in [-0.2, -0.15) is 0 Å². The molecule has 120 valence electrons. The molecule has 0 spiro atoms. The molecule has 2 fully saturated rings. The first-order chi connectivity index (χ1) is 10.7. The molecule has 5 nitrogen and oxygen atoms in total. The minimum atomic E-state index is 0.157. The molecule has 2 amide bonds. The highest BCUT2D eigenvalue weighted by atomic mass is 16.3. The second-order valence-electron chi connectivity index (χ2n) is 6.27. The first-order valence-electron chi connectivity index (χ1n) is 8.33. The maximum Gasteiger partial charge on any atom is 0.225 e. The summed E-state index contributed by atoms with van der Waals surface area (Å²) in [6.45, 7) is 2.69. The SMILES string of the molecule is O=C(CCc1ccco1)N1CCN(C(=O)C2CCCC2)CC1. The zero-order chi connectivity index (χ0) is 15.4. The average Bonchev–Trinajstić information content (AvgIpc) is 3.25. The van der Waals surface area contributed by atoms with E-state index in [-0.39, 0.29) is 11.8 Å². The van der Waals surface area contributed by atoms with E-state index in [0.29, 0.717) is 44.9 Å². The summed E-state index contributed by atoms with van der Waals surface area (Å²) < 4.78 is 5.25. The lowest BCUT2D eigenvalue weighted by Gasteiger charge is -2.36. The van der Waals surface area contributed by atoms with Crippen molar-refractivity contribution in [3.63, 3.8) is 0 Å². The van der Waals surface area contributed by atoms with Crippen LogP contribution < -0.4 is 0 Å². The van der Waals surface area contributed by atoms with Gasteiger partial charge >= 0.3 is 0 Å². The molecular formula is C17H24N2O3. The average molecular weight is 304 g/mol. The summed E-state index contributed by atoms with van der Waals surface area (Å²) in [5.41, 5.74) is 0. The first kappa shape index (κ1) is 15.1. The van der Waals surface area contributed by atoms with Crippen LogP contribution in [0.3, 0.4) is 0 Å². The van der Waals surface area contributed by atoms with Crippen LogP contribution >= 0.6 is 0 Å². The zero-order valence-corrected chi connectivity index (χ0v) is 13.0. The zero-order valence-electron chi connectivity index (χ0n) is 13.0. The van der Waals surface area contributed by atoms with Gasteiger partial charge in [-0.05, 0) is 25.0 Å². The van der Waals surface area contributed by atoms with E-state index < -0.39 is 0 Å². The fourth-order valence-corrected chi connectivity index (χ4v) is 3.45. The topological polar surface area (TPSA) is 53.8 Å². The quantitative estimate of drug-likeness (QED) is 0.855. The van der Waals surface area contributed by atoms with Gasteiger partial charge in [-0.3, -0.25) is 9.59 Å². The van der Waals surface area contributed by atoms with E-state index in [2.05, 4.69) is 0 Å².